The van der Waals surface area contributed by atoms with Gasteiger partial charge in [0.1, 0.15) is 4.90 Å². The maximum absolute atomic E-state index is 12.2. The van der Waals surface area contributed by atoms with Crippen molar-refractivity contribution in [3.05, 3.63) is 23.2 Å². The summed E-state index contributed by atoms with van der Waals surface area (Å²) in [6.07, 6.45) is 0.858. The largest absolute Gasteiger partial charge is 0.505 e. The molecule has 0 amide bonds. The van der Waals surface area contributed by atoms with Crippen molar-refractivity contribution >= 4 is 31.5 Å². The monoisotopic (exact) mass is 339 g/mol. The molecule has 1 aliphatic rings. The van der Waals surface area contributed by atoms with Crippen molar-refractivity contribution in [3.8, 4) is 5.75 Å². The molecule has 9 heteroatoms. The molecule has 1 fully saturated rings. The summed E-state index contributed by atoms with van der Waals surface area (Å²) in [6.45, 7) is 0. The van der Waals surface area contributed by atoms with E-state index in [1.165, 1.54) is 18.2 Å². The number of benzene rings is 1. The average Bonchev–Trinajstić information content (AvgIpc) is 2.30. The van der Waals surface area contributed by atoms with Gasteiger partial charge < -0.3 is 5.11 Å². The van der Waals surface area contributed by atoms with Crippen LogP contribution in [0.5, 0.6) is 5.75 Å². The summed E-state index contributed by atoms with van der Waals surface area (Å²) in [5.41, 5.74) is 0. The maximum atomic E-state index is 12.2. The second kappa shape index (κ2) is 5.51. The van der Waals surface area contributed by atoms with E-state index in [1.807, 2.05) is 0 Å². The summed E-state index contributed by atoms with van der Waals surface area (Å²) in [4.78, 5) is -0.354. The molecule has 0 aliphatic carbocycles. The van der Waals surface area contributed by atoms with Crippen LogP contribution in [0.1, 0.15) is 12.8 Å². The molecule has 1 heterocycles. The van der Waals surface area contributed by atoms with Crippen molar-refractivity contribution < 1.29 is 21.9 Å². The van der Waals surface area contributed by atoms with Gasteiger partial charge in [0.15, 0.2) is 15.6 Å². The number of rotatable bonds is 3. The van der Waals surface area contributed by atoms with Gasteiger partial charge in [0, 0.05) is 6.04 Å². The quantitative estimate of drug-likeness (QED) is 0.852. The van der Waals surface area contributed by atoms with E-state index in [4.69, 9.17) is 11.6 Å². The van der Waals surface area contributed by atoms with Crippen LogP contribution in [-0.4, -0.2) is 39.5 Å². The number of nitrogens with one attached hydrogen (secondary N) is 1. The third-order valence-electron chi connectivity index (χ3n) is 3.02. The lowest BCUT2D eigenvalue weighted by molar-refractivity contribution is 0.456. The standard InChI is InChI=1S/C11H14ClNO5S2/c12-9-4-1-5-10(11(9)14)20(17,18)13-8-3-2-6-19(15,16)7-8/h1,4-5,8,13-14H,2-3,6-7H2. The molecule has 0 saturated carbocycles. The molecular weight excluding hydrogens is 326 g/mol. The minimum atomic E-state index is -4.01. The maximum Gasteiger partial charge on any atom is 0.244 e. The number of halogens is 1. The molecule has 1 unspecified atom stereocenters. The van der Waals surface area contributed by atoms with Crippen LogP contribution in [-0.2, 0) is 19.9 Å². The molecule has 1 aliphatic heterocycles. The second-order valence-electron chi connectivity index (χ2n) is 4.66. The fourth-order valence-electron chi connectivity index (χ4n) is 2.11. The number of sulfone groups is 1. The Hall–Kier alpha value is -0.830. The molecular formula is C11H14ClNO5S2. The van der Waals surface area contributed by atoms with Crippen molar-refractivity contribution in [1.29, 1.82) is 0 Å². The molecule has 6 nitrogen and oxygen atoms in total. The molecule has 0 spiro atoms. The summed E-state index contributed by atoms with van der Waals surface area (Å²) in [5, 5.41) is 9.62. The lowest BCUT2D eigenvalue weighted by Gasteiger charge is -2.23. The van der Waals surface area contributed by atoms with Gasteiger partial charge in [-0.1, -0.05) is 17.7 Å². The molecule has 112 valence electrons. The van der Waals surface area contributed by atoms with Crippen LogP contribution >= 0.6 is 11.6 Å². The first-order valence-corrected chi connectivity index (χ1v) is 9.60. The molecule has 1 saturated heterocycles. The van der Waals surface area contributed by atoms with E-state index < -0.39 is 31.7 Å². The van der Waals surface area contributed by atoms with Crippen molar-refractivity contribution in [2.45, 2.75) is 23.8 Å². The fourth-order valence-corrected chi connectivity index (χ4v) is 5.47. The van der Waals surface area contributed by atoms with Gasteiger partial charge in [-0.3, -0.25) is 0 Å². The highest BCUT2D eigenvalue weighted by Crippen LogP contribution is 2.30. The topological polar surface area (TPSA) is 101 Å². The van der Waals surface area contributed by atoms with E-state index in [-0.39, 0.29) is 21.4 Å². The zero-order valence-electron chi connectivity index (χ0n) is 10.4. The van der Waals surface area contributed by atoms with Crippen LogP contribution in [0.3, 0.4) is 0 Å². The normalized spacial score (nSPS) is 22.6. The van der Waals surface area contributed by atoms with Crippen molar-refractivity contribution in [2.24, 2.45) is 0 Å². The third-order valence-corrected chi connectivity index (χ3v) is 6.70. The zero-order chi connectivity index (χ0) is 15.0. The molecule has 1 aromatic rings. The number of phenols is 1. The van der Waals surface area contributed by atoms with Crippen LogP contribution < -0.4 is 4.72 Å². The number of aromatic hydroxyl groups is 1. The summed E-state index contributed by atoms with van der Waals surface area (Å²) in [7, 11) is -7.23. The molecule has 1 atom stereocenters. The van der Waals surface area contributed by atoms with E-state index in [0.717, 1.165) is 0 Å². The SMILES string of the molecule is O=S1(=O)CCCC(NS(=O)(=O)c2cccc(Cl)c2O)C1. The number of hydrogen-bond donors (Lipinski definition) is 2. The smallest absolute Gasteiger partial charge is 0.244 e. The van der Waals surface area contributed by atoms with Crippen LogP contribution in [0.2, 0.25) is 5.02 Å². The molecule has 20 heavy (non-hydrogen) atoms. The van der Waals surface area contributed by atoms with E-state index in [9.17, 15) is 21.9 Å². The lowest BCUT2D eigenvalue weighted by atomic mass is 10.2. The highest BCUT2D eigenvalue weighted by atomic mass is 35.5. The van der Waals surface area contributed by atoms with E-state index in [0.29, 0.717) is 12.8 Å². The van der Waals surface area contributed by atoms with Gasteiger partial charge in [-0.15, -0.1) is 0 Å². The average molecular weight is 340 g/mol. The van der Waals surface area contributed by atoms with E-state index in [1.54, 1.807) is 0 Å². The summed E-state index contributed by atoms with van der Waals surface area (Å²) >= 11 is 5.67. The second-order valence-corrected chi connectivity index (χ2v) is 8.98. The number of phenolic OH excluding ortho intramolecular Hbond substituents is 1. The van der Waals surface area contributed by atoms with Crippen LogP contribution in [0.4, 0.5) is 0 Å². The summed E-state index contributed by atoms with van der Waals surface area (Å²) < 4.78 is 49.6. The molecule has 2 rings (SSSR count). The van der Waals surface area contributed by atoms with Gasteiger partial charge in [0.25, 0.3) is 0 Å². The van der Waals surface area contributed by atoms with Gasteiger partial charge in [0.2, 0.25) is 10.0 Å². The fraction of sp³-hybridized carbons (Fsp3) is 0.455. The number of para-hydroxylation sites is 1. The van der Waals surface area contributed by atoms with Crippen LogP contribution in [0, 0.1) is 0 Å². The Kier molecular flexibility index (Phi) is 4.29. The molecule has 2 N–H and O–H groups in total. The van der Waals surface area contributed by atoms with Crippen LogP contribution in [0.15, 0.2) is 23.1 Å². The molecule has 0 bridgehead atoms. The van der Waals surface area contributed by atoms with Crippen molar-refractivity contribution in [2.75, 3.05) is 11.5 Å². The molecule has 0 radical (unpaired) electrons. The molecule has 0 aromatic heterocycles. The minimum Gasteiger partial charge on any atom is -0.505 e. The Bertz CT molecular complexity index is 714. The first kappa shape index (κ1) is 15.6. The predicted octanol–water partition coefficient (Wildman–Crippen LogP) is 0.901. The predicted molar refractivity (Wildman–Crippen MR) is 75.1 cm³/mol. The van der Waals surface area contributed by atoms with Crippen molar-refractivity contribution in [1.82, 2.24) is 4.72 Å². The number of sulfonamides is 1. The van der Waals surface area contributed by atoms with E-state index >= 15 is 0 Å². The van der Waals surface area contributed by atoms with Gasteiger partial charge >= 0.3 is 0 Å². The highest BCUT2D eigenvalue weighted by molar-refractivity contribution is 7.91. The third kappa shape index (κ3) is 3.43. The lowest BCUT2D eigenvalue weighted by Crippen LogP contribution is -2.43. The van der Waals surface area contributed by atoms with Gasteiger partial charge in [0.05, 0.1) is 16.5 Å². The Morgan fingerprint density at radius 2 is 2.05 bits per heavy atom. The summed E-state index contributed by atoms with van der Waals surface area (Å²) in [5.74, 6) is -0.693. The first-order valence-electron chi connectivity index (χ1n) is 5.91. The minimum absolute atomic E-state index is 0.0770. The number of hydrogen-bond acceptors (Lipinski definition) is 5. The van der Waals surface area contributed by atoms with Crippen molar-refractivity contribution in [3.63, 3.8) is 0 Å². The Morgan fingerprint density at radius 1 is 1.35 bits per heavy atom. The first-order chi connectivity index (χ1) is 9.21. The van der Waals surface area contributed by atoms with Gasteiger partial charge in [-0.05, 0) is 25.0 Å². The van der Waals surface area contributed by atoms with Crippen LogP contribution in [0.25, 0.3) is 0 Å². The van der Waals surface area contributed by atoms with E-state index in [2.05, 4.69) is 4.72 Å². The van der Waals surface area contributed by atoms with Gasteiger partial charge in [-0.25, -0.2) is 21.6 Å². The van der Waals surface area contributed by atoms with Gasteiger partial charge in [-0.2, -0.15) is 0 Å². The Labute approximate surface area is 122 Å². The Morgan fingerprint density at radius 3 is 2.70 bits per heavy atom. The Balaban J connectivity index is 2.26. The molecule has 1 aromatic carbocycles. The zero-order valence-corrected chi connectivity index (χ0v) is 12.8. The summed E-state index contributed by atoms with van der Waals surface area (Å²) in [6, 6.07) is 3.29. The highest BCUT2D eigenvalue weighted by Gasteiger charge is 2.30.